The van der Waals surface area contributed by atoms with Gasteiger partial charge in [0.05, 0.1) is 13.1 Å². The lowest BCUT2D eigenvalue weighted by molar-refractivity contribution is -0.918. The van der Waals surface area contributed by atoms with Crippen molar-refractivity contribution in [3.05, 3.63) is 36.0 Å². The van der Waals surface area contributed by atoms with Crippen LogP contribution in [0.4, 0.5) is 0 Å². The van der Waals surface area contributed by atoms with Gasteiger partial charge < -0.3 is 23.9 Å². The summed E-state index contributed by atoms with van der Waals surface area (Å²) in [5, 5.41) is 1.10. The highest BCUT2D eigenvalue weighted by Gasteiger charge is 2.34. The third kappa shape index (κ3) is 3.13. The summed E-state index contributed by atoms with van der Waals surface area (Å²) in [7, 11) is -2.59. The van der Waals surface area contributed by atoms with Crippen LogP contribution in [0.15, 0.2) is 30.5 Å². The molecule has 1 aromatic carbocycles. The number of piperidine rings is 1. The van der Waals surface area contributed by atoms with E-state index in [1.807, 2.05) is 30.5 Å². The van der Waals surface area contributed by atoms with E-state index in [1.165, 1.54) is 13.5 Å². The maximum atomic E-state index is 12.4. The summed E-state index contributed by atoms with van der Waals surface area (Å²) in [4.78, 5) is 16.8. The van der Waals surface area contributed by atoms with Crippen LogP contribution in [-0.4, -0.2) is 31.0 Å². The monoisotopic (exact) mass is 322 g/mol. The summed E-state index contributed by atoms with van der Waals surface area (Å²) in [5.41, 5.74) is 2.09. The first-order valence-electron chi connectivity index (χ1n) is 7.88. The molecule has 1 aliphatic rings. The van der Waals surface area contributed by atoms with Gasteiger partial charge in [0.2, 0.25) is 0 Å². The number of fused-ring (bicyclic) bond motifs is 1. The summed E-state index contributed by atoms with van der Waals surface area (Å²) < 4.78 is 17.3. The molecule has 120 valence electrons. The number of hydrogen-bond acceptors (Lipinski definition) is 3. The Labute approximate surface area is 130 Å². The van der Waals surface area contributed by atoms with Gasteiger partial charge in [0.1, 0.15) is 0 Å². The predicted molar refractivity (Wildman–Crippen MR) is 85.0 cm³/mol. The molecule has 3 rings (SSSR count). The van der Waals surface area contributed by atoms with Crippen LogP contribution in [-0.2, 0) is 15.5 Å². The first-order chi connectivity index (χ1) is 10.6. The Morgan fingerprint density at radius 1 is 1.32 bits per heavy atom. The maximum absolute atomic E-state index is 12.4. The molecule has 5 nitrogen and oxygen atoms in total. The van der Waals surface area contributed by atoms with E-state index < -0.39 is 13.4 Å². The molecule has 1 aliphatic heterocycles. The van der Waals surface area contributed by atoms with Crippen molar-refractivity contribution in [1.82, 2.24) is 4.98 Å². The van der Waals surface area contributed by atoms with E-state index in [4.69, 9.17) is 4.52 Å². The van der Waals surface area contributed by atoms with Gasteiger partial charge in [0.15, 0.2) is 13.4 Å². The minimum absolute atomic E-state index is 0.494. The molecule has 2 N–H and O–H groups in total. The van der Waals surface area contributed by atoms with Gasteiger partial charge >= 0.3 is 0 Å². The Morgan fingerprint density at radius 3 is 2.77 bits per heavy atom. The van der Waals surface area contributed by atoms with Gasteiger partial charge in [-0.2, -0.15) is 0 Å². The van der Waals surface area contributed by atoms with Crippen LogP contribution in [0.1, 0.15) is 24.8 Å². The van der Waals surface area contributed by atoms with Crippen molar-refractivity contribution in [3.8, 4) is 0 Å². The molecule has 2 aromatic rings. The zero-order chi connectivity index (χ0) is 15.6. The number of nitrogens with one attached hydrogen (secondary N) is 2. The molecule has 2 atom stereocenters. The molecule has 22 heavy (non-hydrogen) atoms. The van der Waals surface area contributed by atoms with Crippen LogP contribution in [0.2, 0.25) is 0 Å². The summed E-state index contributed by atoms with van der Waals surface area (Å²) in [5.74, 6) is -0.503. The maximum Gasteiger partial charge on any atom is 0.192 e. The van der Waals surface area contributed by atoms with Gasteiger partial charge in [0.25, 0.3) is 0 Å². The van der Waals surface area contributed by atoms with E-state index >= 15 is 0 Å². The summed E-state index contributed by atoms with van der Waals surface area (Å²) in [6.45, 7) is 1.81. The number of benzene rings is 1. The third-order valence-electron chi connectivity index (χ3n) is 4.69. The molecule has 2 heterocycles. The molecule has 0 bridgehead atoms. The smallest absolute Gasteiger partial charge is 0.192 e. The van der Waals surface area contributed by atoms with Crippen molar-refractivity contribution < 1.29 is 18.9 Å². The number of hydrogen-bond donors (Lipinski definition) is 2. The van der Waals surface area contributed by atoms with E-state index in [2.05, 4.69) is 4.98 Å². The minimum atomic E-state index is -3.87. The Kier molecular flexibility index (Phi) is 4.69. The van der Waals surface area contributed by atoms with Crippen molar-refractivity contribution in [2.24, 2.45) is 0 Å². The highest BCUT2D eigenvalue weighted by Crippen LogP contribution is 2.41. The molecule has 0 aliphatic carbocycles. The van der Waals surface area contributed by atoms with Crippen molar-refractivity contribution in [3.63, 3.8) is 0 Å². The highest BCUT2D eigenvalue weighted by atomic mass is 31.2. The summed E-state index contributed by atoms with van der Waals surface area (Å²) in [6, 6.07) is 8.00. The summed E-state index contributed by atoms with van der Waals surface area (Å²) >= 11 is 0. The van der Waals surface area contributed by atoms with E-state index in [-0.39, 0.29) is 0 Å². The molecule has 0 radical (unpaired) electrons. The molecule has 1 fully saturated rings. The quantitative estimate of drug-likeness (QED) is 0.816. The standard InChI is InChI=1S/C16H23N2O3P/c1-21-22(19,20)16(18-9-5-2-6-10-18)11-13-12-17-15-8-4-3-7-14(13)15/h3-4,7-8,12,16-17H,2,5-6,9-11H2,1H3,(H,19,20)/t16-/m1/s1. The zero-order valence-corrected chi connectivity index (χ0v) is 13.8. The van der Waals surface area contributed by atoms with E-state index in [1.54, 1.807) is 0 Å². The average Bonchev–Trinajstić information content (AvgIpc) is 2.96. The normalized spacial score (nSPS) is 20.8. The Bertz CT molecular complexity index is 679. The topological polar surface area (TPSA) is 69.6 Å². The number of rotatable bonds is 5. The lowest BCUT2D eigenvalue weighted by Gasteiger charge is -2.38. The zero-order valence-electron chi connectivity index (χ0n) is 12.9. The minimum Gasteiger partial charge on any atom is -0.774 e. The molecule has 0 spiro atoms. The molecule has 6 heteroatoms. The molecule has 1 aromatic heterocycles. The number of likely N-dealkylation sites (tertiary alicyclic amines) is 1. The second-order valence-electron chi connectivity index (χ2n) is 6.02. The molecule has 1 saturated heterocycles. The van der Waals surface area contributed by atoms with Crippen molar-refractivity contribution in [1.29, 1.82) is 0 Å². The number of aromatic nitrogens is 1. The van der Waals surface area contributed by atoms with Crippen LogP contribution in [0.5, 0.6) is 0 Å². The molecule has 0 saturated carbocycles. The Hall–Kier alpha value is -1.13. The van der Waals surface area contributed by atoms with Crippen LogP contribution in [0, 0.1) is 0 Å². The fraction of sp³-hybridized carbons (Fsp3) is 0.500. The van der Waals surface area contributed by atoms with Crippen molar-refractivity contribution in [2.75, 3.05) is 20.2 Å². The van der Waals surface area contributed by atoms with E-state index in [0.29, 0.717) is 6.42 Å². The first kappa shape index (κ1) is 15.8. The second-order valence-corrected chi connectivity index (χ2v) is 8.09. The lowest BCUT2D eigenvalue weighted by atomic mass is 10.1. The Balaban J connectivity index is 1.90. The van der Waals surface area contributed by atoms with Gasteiger partial charge in [-0.05, 0) is 30.9 Å². The van der Waals surface area contributed by atoms with Crippen LogP contribution >= 0.6 is 7.60 Å². The third-order valence-corrected chi connectivity index (χ3v) is 6.51. The van der Waals surface area contributed by atoms with Crippen molar-refractivity contribution >= 4 is 18.5 Å². The SMILES string of the molecule is COP(=O)([O-])[C@H](Cc1c[nH]c2ccccc12)[NH+]1CCCCC1. The Morgan fingerprint density at radius 2 is 2.05 bits per heavy atom. The van der Waals surface area contributed by atoms with Gasteiger partial charge in [0, 0.05) is 30.6 Å². The summed E-state index contributed by atoms with van der Waals surface area (Å²) in [6.07, 6.45) is 5.79. The van der Waals surface area contributed by atoms with Gasteiger partial charge in [-0.3, -0.25) is 0 Å². The second kappa shape index (κ2) is 6.55. The average molecular weight is 322 g/mol. The number of H-pyrrole nitrogens is 1. The fourth-order valence-electron chi connectivity index (χ4n) is 3.45. The number of quaternary nitrogens is 1. The molecular formula is C16H23N2O3P. The number of aromatic amines is 1. The number of para-hydroxylation sites is 1. The van der Waals surface area contributed by atoms with E-state index in [9.17, 15) is 9.46 Å². The van der Waals surface area contributed by atoms with Crippen LogP contribution in [0.25, 0.3) is 10.9 Å². The van der Waals surface area contributed by atoms with Gasteiger partial charge in [-0.1, -0.05) is 18.2 Å². The largest absolute Gasteiger partial charge is 0.774 e. The van der Waals surface area contributed by atoms with Crippen LogP contribution < -0.4 is 9.79 Å². The molecule has 1 unspecified atom stereocenters. The van der Waals surface area contributed by atoms with Crippen LogP contribution in [0.3, 0.4) is 0 Å². The fourth-order valence-corrected chi connectivity index (χ4v) is 4.84. The molecular weight excluding hydrogens is 299 g/mol. The predicted octanol–water partition coefficient (Wildman–Crippen LogP) is 1.31. The van der Waals surface area contributed by atoms with Gasteiger partial charge in [-0.25, -0.2) is 0 Å². The van der Waals surface area contributed by atoms with Crippen molar-refractivity contribution in [2.45, 2.75) is 31.5 Å². The van der Waals surface area contributed by atoms with E-state index in [0.717, 1.165) is 47.3 Å². The lowest BCUT2D eigenvalue weighted by Crippen LogP contribution is -3.16. The first-order valence-corrected chi connectivity index (χ1v) is 9.49. The highest BCUT2D eigenvalue weighted by molar-refractivity contribution is 7.51. The molecule has 0 amide bonds. The van der Waals surface area contributed by atoms with Gasteiger partial charge in [-0.15, -0.1) is 0 Å².